The average molecular weight is 460 g/mol. The number of unbranched alkanes of at least 4 members (excludes halogenated alkanes) is 1. The van der Waals surface area contributed by atoms with Crippen LogP contribution in [0.2, 0.25) is 0 Å². The highest BCUT2D eigenvalue weighted by molar-refractivity contribution is 5.84. The van der Waals surface area contributed by atoms with Crippen molar-refractivity contribution in [2.24, 2.45) is 33.6 Å². The molecule has 0 bridgehead atoms. The van der Waals surface area contributed by atoms with Crippen LogP contribution in [0.3, 0.4) is 0 Å². The second kappa shape index (κ2) is 8.17. The second-order valence-corrected chi connectivity index (χ2v) is 11.9. The van der Waals surface area contributed by atoms with E-state index >= 15 is 0 Å². The molecule has 4 aliphatic carbocycles. The third-order valence-electron chi connectivity index (χ3n) is 10.6. The third-order valence-corrected chi connectivity index (χ3v) is 10.6. The Morgan fingerprint density at radius 3 is 2.58 bits per heavy atom. The molecule has 184 valence electrons. The standard InChI is InChI=1S/C27H41NO5/c1-3-4-15-28-17-25-12-7-18(29)16-26(25,31)13-9-20-19(25)8-11-24(2)21(10-14-27(20,24)32)22-5-6-23(30)33-22/h5-6,17-22,29,31-32H,3-4,7-16H2,1-2H3/t18-,19-,20+,21-,22-,24+,25-,26-,27-/m0/s1. The number of carbonyl (C=O) groups is 1. The van der Waals surface area contributed by atoms with Crippen molar-refractivity contribution in [3.8, 4) is 0 Å². The van der Waals surface area contributed by atoms with Crippen LogP contribution in [0, 0.1) is 28.6 Å². The number of rotatable bonds is 5. The number of aliphatic hydroxyl groups excluding tert-OH is 1. The number of esters is 1. The number of fused-ring (bicyclic) bond motifs is 5. The number of carbonyl (C=O) groups excluding carboxylic acids is 1. The molecular formula is C27H41NO5. The van der Waals surface area contributed by atoms with Gasteiger partial charge in [-0.3, -0.25) is 4.99 Å². The molecule has 0 aromatic heterocycles. The predicted molar refractivity (Wildman–Crippen MR) is 126 cm³/mol. The van der Waals surface area contributed by atoms with Crippen molar-refractivity contribution in [1.82, 2.24) is 0 Å². The highest BCUT2D eigenvalue weighted by atomic mass is 16.5. The average Bonchev–Trinajstić information content (AvgIpc) is 3.31. The summed E-state index contributed by atoms with van der Waals surface area (Å²) in [5.74, 6) is 0.0656. The monoisotopic (exact) mass is 459 g/mol. The van der Waals surface area contributed by atoms with Gasteiger partial charge in [0.2, 0.25) is 0 Å². The number of nitrogens with zero attached hydrogens (tertiary/aromatic N) is 1. The topological polar surface area (TPSA) is 99.4 Å². The molecule has 0 spiro atoms. The van der Waals surface area contributed by atoms with E-state index in [1.807, 2.05) is 6.08 Å². The molecule has 0 saturated heterocycles. The first-order valence-corrected chi connectivity index (χ1v) is 13.2. The molecule has 0 radical (unpaired) electrons. The summed E-state index contributed by atoms with van der Waals surface area (Å²) in [6.07, 6.45) is 13.3. The van der Waals surface area contributed by atoms with E-state index in [0.29, 0.717) is 25.7 Å². The lowest BCUT2D eigenvalue weighted by molar-refractivity contribution is -0.241. The Morgan fingerprint density at radius 1 is 1.09 bits per heavy atom. The maximum Gasteiger partial charge on any atom is 0.331 e. The first-order chi connectivity index (χ1) is 15.7. The summed E-state index contributed by atoms with van der Waals surface area (Å²) in [5.41, 5.74) is -2.62. The third kappa shape index (κ3) is 3.30. The molecular weight excluding hydrogens is 418 g/mol. The largest absolute Gasteiger partial charge is 0.455 e. The fraction of sp³-hybridized carbons (Fsp3) is 0.852. The molecule has 6 nitrogen and oxygen atoms in total. The second-order valence-electron chi connectivity index (χ2n) is 11.9. The minimum atomic E-state index is -0.965. The summed E-state index contributed by atoms with van der Waals surface area (Å²) in [4.78, 5) is 16.6. The van der Waals surface area contributed by atoms with E-state index in [2.05, 4.69) is 20.1 Å². The molecule has 3 N–H and O–H groups in total. The molecule has 4 saturated carbocycles. The summed E-state index contributed by atoms with van der Waals surface area (Å²) in [6, 6.07) is 0. The van der Waals surface area contributed by atoms with Gasteiger partial charge in [0, 0.05) is 42.0 Å². The number of aliphatic hydroxyl groups is 3. The fourth-order valence-corrected chi connectivity index (χ4v) is 8.82. The van der Waals surface area contributed by atoms with Gasteiger partial charge < -0.3 is 20.1 Å². The normalized spacial score (nSPS) is 51.3. The highest BCUT2D eigenvalue weighted by Gasteiger charge is 2.71. The summed E-state index contributed by atoms with van der Waals surface area (Å²) in [6.45, 7) is 5.12. The van der Waals surface area contributed by atoms with Crippen LogP contribution in [0.5, 0.6) is 0 Å². The van der Waals surface area contributed by atoms with Gasteiger partial charge in [-0.1, -0.05) is 20.3 Å². The molecule has 6 heteroatoms. The van der Waals surface area contributed by atoms with E-state index in [-0.39, 0.29) is 35.2 Å². The van der Waals surface area contributed by atoms with E-state index in [1.165, 1.54) is 6.08 Å². The Bertz CT molecular complexity index is 842. The van der Waals surface area contributed by atoms with Crippen LogP contribution in [0.1, 0.15) is 84.5 Å². The molecule has 1 aliphatic heterocycles. The van der Waals surface area contributed by atoms with Crippen LogP contribution < -0.4 is 0 Å². The van der Waals surface area contributed by atoms with Gasteiger partial charge in [-0.2, -0.15) is 0 Å². The molecule has 33 heavy (non-hydrogen) atoms. The van der Waals surface area contributed by atoms with Crippen LogP contribution in [0.15, 0.2) is 17.1 Å². The molecule has 1 heterocycles. The zero-order valence-electron chi connectivity index (χ0n) is 20.2. The van der Waals surface area contributed by atoms with Crippen molar-refractivity contribution < 1.29 is 24.9 Å². The van der Waals surface area contributed by atoms with Crippen molar-refractivity contribution >= 4 is 12.2 Å². The quantitative estimate of drug-likeness (QED) is 0.332. The highest BCUT2D eigenvalue weighted by Crippen LogP contribution is 2.70. The van der Waals surface area contributed by atoms with Gasteiger partial charge in [-0.25, -0.2) is 4.79 Å². The first kappa shape index (κ1) is 23.5. The maximum atomic E-state index is 12.4. The van der Waals surface area contributed by atoms with E-state index in [0.717, 1.165) is 51.5 Å². The van der Waals surface area contributed by atoms with E-state index in [1.54, 1.807) is 0 Å². The van der Waals surface area contributed by atoms with Crippen molar-refractivity contribution in [3.63, 3.8) is 0 Å². The number of ether oxygens (including phenoxy) is 1. The Kier molecular flexibility index (Phi) is 5.81. The van der Waals surface area contributed by atoms with E-state index in [9.17, 15) is 20.1 Å². The molecule has 0 aromatic rings. The zero-order valence-corrected chi connectivity index (χ0v) is 20.2. The summed E-state index contributed by atoms with van der Waals surface area (Å²) < 4.78 is 5.60. The first-order valence-electron chi connectivity index (χ1n) is 13.2. The number of aliphatic imine (C=N–C) groups is 1. The van der Waals surface area contributed by atoms with Crippen molar-refractivity contribution in [2.45, 2.75) is 108 Å². The number of cyclic esters (lactones) is 1. The molecule has 0 amide bonds. The molecule has 0 unspecified atom stereocenters. The van der Waals surface area contributed by atoms with E-state index < -0.39 is 22.7 Å². The lowest BCUT2D eigenvalue weighted by atomic mass is 9.41. The predicted octanol–water partition coefficient (Wildman–Crippen LogP) is 3.57. The molecule has 5 aliphatic rings. The van der Waals surface area contributed by atoms with Crippen molar-refractivity contribution in [1.29, 1.82) is 0 Å². The minimum absolute atomic E-state index is 0.0791. The van der Waals surface area contributed by atoms with Crippen molar-refractivity contribution in [3.05, 3.63) is 12.2 Å². The Morgan fingerprint density at radius 2 is 1.85 bits per heavy atom. The summed E-state index contributed by atoms with van der Waals surface area (Å²) in [7, 11) is 0. The van der Waals surface area contributed by atoms with Crippen LogP contribution in [0.25, 0.3) is 0 Å². The van der Waals surface area contributed by atoms with Gasteiger partial charge in [-0.05, 0) is 75.7 Å². The smallest absolute Gasteiger partial charge is 0.331 e. The lowest BCUT2D eigenvalue weighted by Crippen LogP contribution is -2.69. The molecule has 4 fully saturated rings. The lowest BCUT2D eigenvalue weighted by Gasteiger charge is -2.65. The van der Waals surface area contributed by atoms with Crippen LogP contribution in [0.4, 0.5) is 0 Å². The van der Waals surface area contributed by atoms with Gasteiger partial charge in [0.05, 0.1) is 17.3 Å². The SMILES string of the molecule is CCCCN=C[C@]12CC[C@H](O)C[C@@]1(O)CC[C@@H]1[C@@H]2CC[C@]2(C)[C@H]([C@@H]3C=CC(=O)O3)CC[C@]12O. The summed E-state index contributed by atoms with van der Waals surface area (Å²) in [5, 5.41) is 34.8. The maximum absolute atomic E-state index is 12.4. The minimum Gasteiger partial charge on any atom is -0.455 e. The van der Waals surface area contributed by atoms with Gasteiger partial charge >= 0.3 is 5.97 Å². The van der Waals surface area contributed by atoms with E-state index in [4.69, 9.17) is 9.73 Å². The molecule has 0 aromatic carbocycles. The van der Waals surface area contributed by atoms with Crippen LogP contribution >= 0.6 is 0 Å². The number of hydrogen-bond acceptors (Lipinski definition) is 6. The molecule has 5 rings (SSSR count). The van der Waals surface area contributed by atoms with Crippen LogP contribution in [-0.2, 0) is 9.53 Å². The van der Waals surface area contributed by atoms with Gasteiger partial charge in [0.1, 0.15) is 6.10 Å². The Hall–Kier alpha value is -1.24. The van der Waals surface area contributed by atoms with Gasteiger partial charge in [0.15, 0.2) is 0 Å². The fourth-order valence-electron chi connectivity index (χ4n) is 8.82. The zero-order chi connectivity index (χ0) is 23.5. The summed E-state index contributed by atoms with van der Waals surface area (Å²) >= 11 is 0. The van der Waals surface area contributed by atoms with Crippen LogP contribution in [-0.4, -0.2) is 57.5 Å². The molecule has 9 atom stereocenters. The Balaban J connectivity index is 1.49. The number of hydrogen-bond donors (Lipinski definition) is 3. The van der Waals surface area contributed by atoms with Gasteiger partial charge in [0.25, 0.3) is 0 Å². The van der Waals surface area contributed by atoms with Crippen molar-refractivity contribution in [2.75, 3.05) is 6.54 Å². The Labute approximate surface area is 197 Å². The van der Waals surface area contributed by atoms with Gasteiger partial charge in [-0.15, -0.1) is 0 Å².